The summed E-state index contributed by atoms with van der Waals surface area (Å²) in [5.41, 5.74) is -0.00347. The van der Waals surface area contributed by atoms with Gasteiger partial charge in [0.05, 0.1) is 12.2 Å². The van der Waals surface area contributed by atoms with Crippen molar-refractivity contribution in [3.8, 4) is 34.5 Å². The first-order valence-electron chi connectivity index (χ1n) is 6.89. The molecule has 2 rings (SSSR count). The Bertz CT molecular complexity index is 668. The first kappa shape index (κ1) is 18.8. The van der Waals surface area contributed by atoms with Crippen LogP contribution >= 0.6 is 0 Å². The zero-order chi connectivity index (χ0) is 18.3. The third-order valence-corrected chi connectivity index (χ3v) is 2.74. The number of hydrogen-bond donors (Lipinski definition) is 6. The van der Waals surface area contributed by atoms with Gasteiger partial charge >= 0.3 is 5.97 Å². The Hall–Kier alpha value is -3.29. The van der Waals surface area contributed by atoms with E-state index in [9.17, 15) is 4.79 Å². The van der Waals surface area contributed by atoms with E-state index in [1.54, 1.807) is 0 Å². The van der Waals surface area contributed by atoms with Gasteiger partial charge < -0.3 is 35.4 Å². The van der Waals surface area contributed by atoms with Gasteiger partial charge in [-0.1, -0.05) is 13.0 Å². The number of phenolic OH excluding ortho intramolecular Hbond substituents is 6. The lowest BCUT2D eigenvalue weighted by atomic mass is 10.2. The van der Waals surface area contributed by atoms with Crippen LogP contribution in [0.25, 0.3) is 0 Å². The molecule has 0 aliphatic heterocycles. The van der Waals surface area contributed by atoms with Crippen molar-refractivity contribution in [1.82, 2.24) is 0 Å². The maximum absolute atomic E-state index is 11.3. The molecular formula is C16H18O8. The summed E-state index contributed by atoms with van der Waals surface area (Å²) in [4.78, 5) is 11.3. The quantitative estimate of drug-likeness (QED) is 0.368. The Kier molecular flexibility index (Phi) is 6.54. The third kappa shape index (κ3) is 4.87. The zero-order valence-corrected chi connectivity index (χ0v) is 12.8. The fourth-order valence-electron chi connectivity index (χ4n) is 1.52. The predicted molar refractivity (Wildman–Crippen MR) is 83.4 cm³/mol. The van der Waals surface area contributed by atoms with E-state index in [0.29, 0.717) is 6.42 Å². The number of hydrogen-bond acceptors (Lipinski definition) is 8. The fourth-order valence-corrected chi connectivity index (χ4v) is 1.52. The summed E-state index contributed by atoms with van der Waals surface area (Å²) in [6.45, 7) is 2.11. The standard InChI is InChI=1S/C10H12O5.C6H6O3/c1-2-3-15-10(14)6-4-7(11)9(13)8(12)5-6;7-4-2-1-3-5(8)6(4)9/h4-5,11-13H,2-3H2,1H3;1-3,7-9H. The van der Waals surface area contributed by atoms with Gasteiger partial charge in [0.25, 0.3) is 0 Å². The third-order valence-electron chi connectivity index (χ3n) is 2.74. The minimum absolute atomic E-state index is 0.00347. The number of phenols is 6. The van der Waals surface area contributed by atoms with Crippen molar-refractivity contribution in [2.24, 2.45) is 0 Å². The molecule has 0 heterocycles. The Labute approximate surface area is 137 Å². The Morgan fingerprint density at radius 2 is 1.33 bits per heavy atom. The van der Waals surface area contributed by atoms with Crippen LogP contribution < -0.4 is 0 Å². The van der Waals surface area contributed by atoms with Crippen LogP contribution in [0.5, 0.6) is 34.5 Å². The largest absolute Gasteiger partial charge is 0.504 e. The highest BCUT2D eigenvalue weighted by molar-refractivity contribution is 5.91. The van der Waals surface area contributed by atoms with Crippen LogP contribution in [0.15, 0.2) is 30.3 Å². The molecule has 0 saturated heterocycles. The highest BCUT2D eigenvalue weighted by Crippen LogP contribution is 2.35. The van der Waals surface area contributed by atoms with E-state index in [1.807, 2.05) is 6.92 Å². The van der Waals surface area contributed by atoms with Gasteiger partial charge in [-0.2, -0.15) is 0 Å². The average Bonchev–Trinajstić information content (AvgIpc) is 2.55. The van der Waals surface area contributed by atoms with E-state index in [4.69, 9.17) is 35.4 Å². The molecule has 0 radical (unpaired) electrons. The molecule has 8 heteroatoms. The van der Waals surface area contributed by atoms with Crippen LogP contribution in [0, 0.1) is 0 Å². The number of benzene rings is 2. The maximum atomic E-state index is 11.3. The van der Waals surface area contributed by atoms with Crippen molar-refractivity contribution < 1.29 is 40.2 Å². The number of carbonyl (C=O) groups is 1. The molecule has 2 aromatic carbocycles. The van der Waals surface area contributed by atoms with Gasteiger partial charge in [0.2, 0.25) is 0 Å². The van der Waals surface area contributed by atoms with Crippen molar-refractivity contribution in [1.29, 1.82) is 0 Å². The van der Waals surface area contributed by atoms with E-state index in [1.165, 1.54) is 18.2 Å². The van der Waals surface area contributed by atoms with Crippen LogP contribution in [-0.4, -0.2) is 43.2 Å². The van der Waals surface area contributed by atoms with Gasteiger partial charge in [0.1, 0.15) is 0 Å². The molecule has 0 saturated carbocycles. The van der Waals surface area contributed by atoms with Crippen molar-refractivity contribution in [3.63, 3.8) is 0 Å². The van der Waals surface area contributed by atoms with Gasteiger partial charge in [0, 0.05) is 0 Å². The smallest absolute Gasteiger partial charge is 0.338 e. The highest BCUT2D eigenvalue weighted by atomic mass is 16.5. The summed E-state index contributed by atoms with van der Waals surface area (Å²) in [5, 5.41) is 53.4. The molecule has 0 amide bonds. The predicted octanol–water partition coefficient (Wildman–Crippen LogP) is 2.17. The van der Waals surface area contributed by atoms with E-state index in [-0.39, 0.29) is 23.7 Å². The number of esters is 1. The topological polar surface area (TPSA) is 148 Å². The maximum Gasteiger partial charge on any atom is 0.338 e. The second-order valence-electron chi connectivity index (χ2n) is 4.64. The molecule has 0 bridgehead atoms. The molecular weight excluding hydrogens is 320 g/mol. The van der Waals surface area contributed by atoms with Crippen molar-refractivity contribution in [3.05, 3.63) is 35.9 Å². The number of ether oxygens (including phenoxy) is 1. The van der Waals surface area contributed by atoms with E-state index in [0.717, 1.165) is 12.1 Å². The Morgan fingerprint density at radius 3 is 1.75 bits per heavy atom. The van der Waals surface area contributed by atoms with Crippen LogP contribution in [0.4, 0.5) is 0 Å². The molecule has 2 aromatic rings. The number of carbonyl (C=O) groups excluding carboxylic acids is 1. The first-order chi connectivity index (χ1) is 11.3. The molecule has 0 spiro atoms. The normalized spacial score (nSPS) is 9.71. The minimum atomic E-state index is -0.651. The second kappa shape index (κ2) is 8.37. The first-order valence-corrected chi connectivity index (χ1v) is 6.89. The monoisotopic (exact) mass is 338 g/mol. The van der Waals surface area contributed by atoms with Crippen LogP contribution in [-0.2, 0) is 4.74 Å². The lowest BCUT2D eigenvalue weighted by Crippen LogP contribution is -2.05. The van der Waals surface area contributed by atoms with Gasteiger partial charge in [-0.15, -0.1) is 0 Å². The molecule has 0 unspecified atom stereocenters. The summed E-state index contributed by atoms with van der Waals surface area (Å²) in [7, 11) is 0. The minimum Gasteiger partial charge on any atom is -0.504 e. The Balaban J connectivity index is 0.000000272. The molecule has 130 valence electrons. The number of para-hydroxylation sites is 1. The van der Waals surface area contributed by atoms with E-state index < -0.39 is 29.0 Å². The lowest BCUT2D eigenvalue weighted by molar-refractivity contribution is 0.0504. The summed E-state index contributed by atoms with van der Waals surface area (Å²) in [5.74, 6) is -3.51. The lowest BCUT2D eigenvalue weighted by Gasteiger charge is -2.05. The zero-order valence-electron chi connectivity index (χ0n) is 12.8. The van der Waals surface area contributed by atoms with Crippen LogP contribution in [0.2, 0.25) is 0 Å². The van der Waals surface area contributed by atoms with Gasteiger partial charge in [-0.25, -0.2) is 4.79 Å². The molecule has 0 aliphatic carbocycles. The molecule has 0 atom stereocenters. The van der Waals surface area contributed by atoms with Crippen molar-refractivity contribution in [2.75, 3.05) is 6.61 Å². The molecule has 0 fully saturated rings. The fraction of sp³-hybridized carbons (Fsp3) is 0.188. The van der Waals surface area contributed by atoms with Crippen LogP contribution in [0.3, 0.4) is 0 Å². The summed E-state index contributed by atoms with van der Waals surface area (Å²) < 4.78 is 4.78. The molecule has 0 aliphatic rings. The number of rotatable bonds is 3. The summed E-state index contributed by atoms with van der Waals surface area (Å²) >= 11 is 0. The van der Waals surface area contributed by atoms with Gasteiger partial charge in [-0.05, 0) is 30.7 Å². The molecule has 0 aromatic heterocycles. The van der Waals surface area contributed by atoms with Gasteiger partial charge in [-0.3, -0.25) is 0 Å². The summed E-state index contributed by atoms with van der Waals surface area (Å²) in [6, 6.07) is 6.08. The highest BCUT2D eigenvalue weighted by Gasteiger charge is 2.14. The van der Waals surface area contributed by atoms with Gasteiger partial charge in [0.15, 0.2) is 34.5 Å². The SMILES string of the molecule is CCCOC(=O)c1cc(O)c(O)c(O)c1.Oc1cccc(O)c1O. The molecule has 6 N–H and O–H groups in total. The summed E-state index contributed by atoms with van der Waals surface area (Å²) in [6.07, 6.45) is 0.682. The van der Waals surface area contributed by atoms with E-state index in [2.05, 4.69) is 0 Å². The number of aromatic hydroxyl groups is 6. The van der Waals surface area contributed by atoms with Crippen molar-refractivity contribution in [2.45, 2.75) is 13.3 Å². The van der Waals surface area contributed by atoms with Crippen LogP contribution in [0.1, 0.15) is 23.7 Å². The molecule has 24 heavy (non-hydrogen) atoms. The molecule has 8 nitrogen and oxygen atoms in total. The second-order valence-corrected chi connectivity index (χ2v) is 4.64. The average molecular weight is 338 g/mol. The van der Waals surface area contributed by atoms with E-state index >= 15 is 0 Å². The Morgan fingerprint density at radius 1 is 0.875 bits per heavy atom. The van der Waals surface area contributed by atoms with Crippen molar-refractivity contribution >= 4 is 5.97 Å².